The highest BCUT2D eigenvalue weighted by atomic mass is 35.5. The molecular weight excluding hydrogens is 335 g/mol. The first-order valence-electron chi connectivity index (χ1n) is 5.59. The number of carbonyl (C=O) groups is 1. The number of carbonyl (C=O) groups excluding carboxylic acids is 1. The molecule has 20 heavy (non-hydrogen) atoms. The van der Waals surface area contributed by atoms with E-state index in [4.69, 9.17) is 41.2 Å². The van der Waals surface area contributed by atoms with Crippen molar-refractivity contribution in [1.82, 2.24) is 5.32 Å². The van der Waals surface area contributed by atoms with Gasteiger partial charge in [-0.2, -0.15) is 0 Å². The van der Waals surface area contributed by atoms with Gasteiger partial charge in [-0.05, 0) is 11.6 Å². The van der Waals surface area contributed by atoms with Crippen LogP contribution in [0.5, 0.6) is 0 Å². The van der Waals surface area contributed by atoms with Crippen molar-refractivity contribution in [3.63, 3.8) is 0 Å². The van der Waals surface area contributed by atoms with Crippen molar-refractivity contribution < 1.29 is 4.79 Å². The van der Waals surface area contributed by atoms with Crippen LogP contribution in [0.1, 0.15) is 21.5 Å². The van der Waals surface area contributed by atoms with Crippen LogP contribution < -0.4 is 11.1 Å². The van der Waals surface area contributed by atoms with Crippen molar-refractivity contribution in [2.24, 2.45) is 5.73 Å². The third-order valence-corrected chi connectivity index (χ3v) is 4.32. The van der Waals surface area contributed by atoms with Crippen molar-refractivity contribution in [3.8, 4) is 0 Å². The molecule has 1 heterocycles. The van der Waals surface area contributed by atoms with Gasteiger partial charge in [-0.15, -0.1) is 11.3 Å². The number of rotatable bonds is 4. The van der Waals surface area contributed by atoms with Crippen LogP contribution in [0.3, 0.4) is 0 Å². The zero-order valence-corrected chi connectivity index (χ0v) is 13.3. The summed E-state index contributed by atoms with van der Waals surface area (Å²) in [5, 5.41) is 2.78. The number of hydrogen-bond donors (Lipinski definition) is 2. The van der Waals surface area contributed by atoms with E-state index in [0.717, 1.165) is 11.1 Å². The first-order valence-corrected chi connectivity index (χ1v) is 7.57. The molecule has 0 aliphatic carbocycles. The average Bonchev–Trinajstić information content (AvgIpc) is 2.75. The number of nitrogens with two attached hydrogens (primary N) is 1. The maximum Gasteiger partial charge on any atom is 0.253 e. The molecule has 1 aromatic carbocycles. The van der Waals surface area contributed by atoms with E-state index < -0.39 is 0 Å². The van der Waals surface area contributed by atoms with E-state index in [1.165, 1.54) is 11.3 Å². The lowest BCUT2D eigenvalue weighted by molar-refractivity contribution is 0.0951. The minimum atomic E-state index is -0.253. The molecule has 0 spiro atoms. The maximum absolute atomic E-state index is 11.9. The Morgan fingerprint density at radius 2 is 1.95 bits per heavy atom. The Morgan fingerprint density at radius 1 is 1.30 bits per heavy atom. The number of amides is 1. The number of benzene rings is 1. The van der Waals surface area contributed by atoms with Crippen LogP contribution in [0.25, 0.3) is 0 Å². The molecule has 104 valence electrons. The molecule has 0 bridgehead atoms. The number of halogens is 2. The predicted molar refractivity (Wildman–Crippen MR) is 87.8 cm³/mol. The van der Waals surface area contributed by atoms with Crippen molar-refractivity contribution in [1.29, 1.82) is 0 Å². The summed E-state index contributed by atoms with van der Waals surface area (Å²) in [5.41, 5.74) is 7.64. The minimum Gasteiger partial charge on any atom is -0.389 e. The minimum absolute atomic E-state index is 0.253. The Balaban J connectivity index is 2.00. The smallest absolute Gasteiger partial charge is 0.253 e. The fourth-order valence-electron chi connectivity index (χ4n) is 1.56. The number of thiocarbonyl (C=S) groups is 1. The molecule has 2 rings (SSSR count). The summed E-state index contributed by atoms with van der Waals surface area (Å²) >= 11 is 17.8. The molecule has 0 atom stereocenters. The van der Waals surface area contributed by atoms with Crippen LogP contribution in [-0.2, 0) is 6.54 Å². The number of nitrogens with one attached hydrogen (secondary N) is 1. The van der Waals surface area contributed by atoms with Gasteiger partial charge in [0.05, 0.1) is 9.90 Å². The summed E-state index contributed by atoms with van der Waals surface area (Å²) < 4.78 is 0.872. The largest absolute Gasteiger partial charge is 0.389 e. The molecule has 0 unspecified atom stereocenters. The molecule has 3 nitrogen and oxygen atoms in total. The fraction of sp³-hybridized carbons (Fsp3) is 0.0769. The maximum atomic E-state index is 11.9. The molecule has 0 fully saturated rings. The fourth-order valence-corrected chi connectivity index (χ4v) is 3.15. The highest BCUT2D eigenvalue weighted by Crippen LogP contribution is 2.30. The summed E-state index contributed by atoms with van der Waals surface area (Å²) in [6.07, 6.45) is 0. The van der Waals surface area contributed by atoms with Gasteiger partial charge in [0, 0.05) is 12.1 Å². The first-order chi connectivity index (χ1) is 9.47. The van der Waals surface area contributed by atoms with Gasteiger partial charge in [0.15, 0.2) is 0 Å². The quantitative estimate of drug-likeness (QED) is 0.832. The van der Waals surface area contributed by atoms with Crippen LogP contribution >= 0.6 is 46.8 Å². The Morgan fingerprint density at radius 3 is 2.45 bits per heavy atom. The van der Waals surface area contributed by atoms with Crippen molar-refractivity contribution in [2.45, 2.75) is 6.54 Å². The van der Waals surface area contributed by atoms with E-state index >= 15 is 0 Å². The second-order valence-corrected chi connectivity index (χ2v) is 6.71. The second kappa shape index (κ2) is 6.54. The van der Waals surface area contributed by atoms with Gasteiger partial charge < -0.3 is 11.1 Å². The normalized spacial score (nSPS) is 10.3. The summed E-state index contributed by atoms with van der Waals surface area (Å²) in [4.78, 5) is 12.3. The third-order valence-electron chi connectivity index (χ3n) is 2.59. The van der Waals surface area contributed by atoms with Crippen LogP contribution in [-0.4, -0.2) is 10.9 Å². The van der Waals surface area contributed by atoms with Gasteiger partial charge in [0.2, 0.25) is 0 Å². The van der Waals surface area contributed by atoms with E-state index in [9.17, 15) is 4.79 Å². The lowest BCUT2D eigenvalue weighted by Gasteiger charge is -2.05. The van der Waals surface area contributed by atoms with Crippen molar-refractivity contribution in [2.75, 3.05) is 0 Å². The molecule has 0 saturated carbocycles. The Kier molecular flexibility index (Phi) is 4.99. The second-order valence-electron chi connectivity index (χ2n) is 3.98. The van der Waals surface area contributed by atoms with Crippen molar-refractivity contribution in [3.05, 3.63) is 55.7 Å². The summed E-state index contributed by atoms with van der Waals surface area (Å²) in [5.74, 6) is -0.253. The predicted octanol–water partition coefficient (Wildman–Crippen LogP) is 3.62. The zero-order chi connectivity index (χ0) is 14.7. The molecule has 0 saturated heterocycles. The Hall–Kier alpha value is -1.14. The molecular formula is C13H10Cl2N2OS2. The Bertz CT molecular complexity index is 653. The Labute approximate surface area is 135 Å². The van der Waals surface area contributed by atoms with Gasteiger partial charge in [-0.3, -0.25) is 4.79 Å². The summed E-state index contributed by atoms with van der Waals surface area (Å²) in [6, 6.07) is 8.91. The lowest BCUT2D eigenvalue weighted by Crippen LogP contribution is -2.22. The summed E-state index contributed by atoms with van der Waals surface area (Å²) in [6.45, 7) is 0.389. The molecule has 0 aliphatic rings. The standard InChI is InChI=1S/C13H10Cl2N2OS2/c14-10-5-9(11(15)20-10)13(18)17-6-7-1-3-8(4-2-7)12(16)19/h1-5H,6H2,(H2,16,19)(H,17,18). The third kappa shape index (κ3) is 3.70. The number of hydrogen-bond acceptors (Lipinski definition) is 3. The van der Waals surface area contributed by atoms with E-state index in [1.54, 1.807) is 6.07 Å². The molecule has 2 aromatic rings. The van der Waals surface area contributed by atoms with Crippen LogP contribution in [0.4, 0.5) is 0 Å². The van der Waals surface area contributed by atoms with Gasteiger partial charge in [-0.25, -0.2) is 0 Å². The van der Waals surface area contributed by atoms with Crippen LogP contribution in [0.2, 0.25) is 8.67 Å². The molecule has 1 aromatic heterocycles. The zero-order valence-electron chi connectivity index (χ0n) is 10.2. The summed E-state index contributed by atoms with van der Waals surface area (Å²) in [7, 11) is 0. The van der Waals surface area contributed by atoms with Crippen molar-refractivity contribution >= 4 is 57.7 Å². The van der Waals surface area contributed by atoms with E-state index in [1.807, 2.05) is 24.3 Å². The molecule has 0 radical (unpaired) electrons. The SMILES string of the molecule is NC(=S)c1ccc(CNC(=O)c2cc(Cl)sc2Cl)cc1. The molecule has 0 aliphatic heterocycles. The topological polar surface area (TPSA) is 55.1 Å². The lowest BCUT2D eigenvalue weighted by atomic mass is 10.1. The van der Waals surface area contributed by atoms with E-state index in [0.29, 0.717) is 25.8 Å². The van der Waals surface area contributed by atoms with E-state index in [2.05, 4.69) is 5.32 Å². The van der Waals surface area contributed by atoms with Gasteiger partial charge in [-0.1, -0.05) is 59.7 Å². The average molecular weight is 345 g/mol. The van der Waals surface area contributed by atoms with Crippen LogP contribution in [0.15, 0.2) is 30.3 Å². The van der Waals surface area contributed by atoms with Crippen LogP contribution in [0, 0.1) is 0 Å². The van der Waals surface area contributed by atoms with Gasteiger partial charge >= 0.3 is 0 Å². The molecule has 1 amide bonds. The molecule has 3 N–H and O–H groups in total. The molecule has 7 heteroatoms. The van der Waals surface area contributed by atoms with Gasteiger partial charge in [0.25, 0.3) is 5.91 Å². The highest BCUT2D eigenvalue weighted by molar-refractivity contribution is 7.80. The number of thiophene rings is 1. The first kappa shape index (κ1) is 15.3. The van der Waals surface area contributed by atoms with E-state index in [-0.39, 0.29) is 5.91 Å². The highest BCUT2D eigenvalue weighted by Gasteiger charge is 2.13. The monoisotopic (exact) mass is 344 g/mol. The van der Waals surface area contributed by atoms with Gasteiger partial charge in [0.1, 0.15) is 9.32 Å².